The third-order valence-electron chi connectivity index (χ3n) is 4.66. The Balaban J connectivity index is 1.47. The molecule has 2 fully saturated rings. The van der Waals surface area contributed by atoms with E-state index in [4.69, 9.17) is 9.57 Å². The minimum atomic E-state index is -0.592. The summed E-state index contributed by atoms with van der Waals surface area (Å²) in [5, 5.41) is 3.71. The molecule has 4 rings (SSSR count). The van der Waals surface area contributed by atoms with Crippen molar-refractivity contribution in [3.63, 3.8) is 0 Å². The molecule has 1 aromatic rings. The van der Waals surface area contributed by atoms with Crippen LogP contribution in [0.25, 0.3) is 0 Å². The summed E-state index contributed by atoms with van der Waals surface area (Å²) < 4.78 is 5.73. The fraction of sp³-hybridized carbons (Fsp3) is 0.438. The summed E-state index contributed by atoms with van der Waals surface area (Å²) in [5.74, 6) is -2.10. The molecular formula is C16H16N2O5. The minimum absolute atomic E-state index is 0.261. The Bertz CT molecular complexity index is 662. The molecule has 0 radical (unpaired) electrons. The van der Waals surface area contributed by atoms with Crippen LogP contribution in [0.4, 0.5) is 0 Å². The van der Waals surface area contributed by atoms with Gasteiger partial charge in [-0.1, -0.05) is 17.2 Å². The Hall–Kier alpha value is -2.25. The van der Waals surface area contributed by atoms with Crippen molar-refractivity contribution in [3.8, 4) is 0 Å². The van der Waals surface area contributed by atoms with E-state index >= 15 is 0 Å². The van der Waals surface area contributed by atoms with Crippen LogP contribution in [-0.2, 0) is 14.4 Å². The number of ether oxygens (including phenoxy) is 1. The van der Waals surface area contributed by atoms with Crippen LogP contribution in [0.5, 0.6) is 0 Å². The summed E-state index contributed by atoms with van der Waals surface area (Å²) in [6.45, 7) is 1.90. The average molecular weight is 316 g/mol. The van der Waals surface area contributed by atoms with Gasteiger partial charge in [0.15, 0.2) is 0 Å². The number of hydroxylamine groups is 2. The zero-order valence-corrected chi connectivity index (χ0v) is 12.4. The number of amides is 2. The molecule has 1 spiro atoms. The fourth-order valence-electron chi connectivity index (χ4n) is 3.29. The predicted octanol–water partition coefficient (Wildman–Crippen LogP) is 0.509. The molecule has 0 saturated carbocycles. The number of fused-ring (bicyclic) bond motifs is 1. The van der Waals surface area contributed by atoms with Gasteiger partial charge in [-0.3, -0.25) is 9.59 Å². The van der Waals surface area contributed by atoms with Crippen LogP contribution < -0.4 is 5.32 Å². The number of imide groups is 1. The summed E-state index contributed by atoms with van der Waals surface area (Å²) in [6, 6.07) is 6.43. The molecule has 2 saturated heterocycles. The number of hydrogen-bond donors (Lipinski definition) is 1. The van der Waals surface area contributed by atoms with Gasteiger partial charge in [0, 0.05) is 19.7 Å². The molecule has 23 heavy (non-hydrogen) atoms. The molecule has 0 aliphatic carbocycles. The van der Waals surface area contributed by atoms with Gasteiger partial charge in [-0.25, -0.2) is 4.79 Å². The van der Waals surface area contributed by atoms with Gasteiger partial charge >= 0.3 is 5.97 Å². The Kier molecular flexibility index (Phi) is 3.21. The largest absolute Gasteiger partial charge is 0.372 e. The summed E-state index contributed by atoms with van der Waals surface area (Å²) in [5.41, 5.74) is 0.220. The van der Waals surface area contributed by atoms with Crippen molar-refractivity contribution in [3.05, 3.63) is 35.4 Å². The maximum atomic E-state index is 12.4. The van der Waals surface area contributed by atoms with Crippen molar-refractivity contribution >= 4 is 17.8 Å². The lowest BCUT2D eigenvalue weighted by molar-refractivity contribution is -0.187. The molecule has 120 valence electrons. The van der Waals surface area contributed by atoms with Crippen LogP contribution in [0.2, 0.25) is 0 Å². The first-order chi connectivity index (χ1) is 11.1. The SMILES string of the molecule is O=C(ON1C(=O)c2ccccc2C1=O)C1CCOC2(CNC2)C1. The first kappa shape index (κ1) is 14.3. The van der Waals surface area contributed by atoms with Crippen molar-refractivity contribution in [1.29, 1.82) is 0 Å². The normalized spacial score (nSPS) is 25.2. The third kappa shape index (κ3) is 2.24. The van der Waals surface area contributed by atoms with Gasteiger partial charge in [-0.05, 0) is 25.0 Å². The highest BCUT2D eigenvalue weighted by Crippen LogP contribution is 2.33. The Morgan fingerprint density at radius 1 is 1.22 bits per heavy atom. The number of benzene rings is 1. The molecule has 1 aromatic carbocycles. The van der Waals surface area contributed by atoms with E-state index in [0.717, 1.165) is 0 Å². The van der Waals surface area contributed by atoms with Crippen molar-refractivity contribution < 1.29 is 24.0 Å². The first-order valence-electron chi connectivity index (χ1n) is 7.64. The first-order valence-corrected chi connectivity index (χ1v) is 7.64. The summed E-state index contributed by atoms with van der Waals surface area (Å²) >= 11 is 0. The van der Waals surface area contributed by atoms with Crippen molar-refractivity contribution in [2.45, 2.75) is 18.4 Å². The monoisotopic (exact) mass is 316 g/mol. The number of nitrogens with zero attached hydrogens (tertiary/aromatic N) is 1. The van der Waals surface area contributed by atoms with Crippen LogP contribution in [0.15, 0.2) is 24.3 Å². The standard InChI is InChI=1S/C16H16N2O5/c19-13-11-3-1-2-4-12(11)14(20)18(13)23-15(21)10-5-6-22-16(7-10)8-17-9-16/h1-4,10,17H,5-9H2. The lowest BCUT2D eigenvalue weighted by Gasteiger charge is -2.46. The summed E-state index contributed by atoms with van der Waals surface area (Å²) in [6.07, 6.45) is 1.08. The van der Waals surface area contributed by atoms with E-state index in [1.165, 1.54) is 0 Å². The second-order valence-electron chi connectivity index (χ2n) is 6.19. The molecule has 0 aromatic heterocycles. The summed E-state index contributed by atoms with van der Waals surface area (Å²) in [7, 11) is 0. The van der Waals surface area contributed by atoms with Crippen LogP contribution in [0, 0.1) is 5.92 Å². The lowest BCUT2D eigenvalue weighted by Crippen LogP contribution is -2.64. The van der Waals surface area contributed by atoms with Gasteiger partial charge in [0.05, 0.1) is 22.6 Å². The molecule has 0 bridgehead atoms. The van der Waals surface area contributed by atoms with Gasteiger partial charge in [-0.2, -0.15) is 0 Å². The van der Waals surface area contributed by atoms with Gasteiger partial charge in [0.1, 0.15) is 0 Å². The Morgan fingerprint density at radius 3 is 2.43 bits per heavy atom. The van der Waals surface area contributed by atoms with Crippen molar-refractivity contribution in [1.82, 2.24) is 10.4 Å². The molecule has 1 N–H and O–H groups in total. The van der Waals surface area contributed by atoms with E-state index in [0.29, 0.717) is 37.6 Å². The maximum Gasteiger partial charge on any atom is 0.336 e. The topological polar surface area (TPSA) is 84.9 Å². The summed E-state index contributed by atoms with van der Waals surface area (Å²) in [4.78, 5) is 41.9. The van der Waals surface area contributed by atoms with Crippen LogP contribution in [0.1, 0.15) is 33.6 Å². The number of carbonyl (C=O) groups excluding carboxylic acids is 3. The molecule has 3 aliphatic rings. The molecule has 7 nitrogen and oxygen atoms in total. The number of hydrogen-bond acceptors (Lipinski definition) is 6. The molecule has 3 aliphatic heterocycles. The van der Waals surface area contributed by atoms with Gasteiger partial charge in [-0.15, -0.1) is 0 Å². The van der Waals surface area contributed by atoms with Crippen LogP contribution in [0.3, 0.4) is 0 Å². The van der Waals surface area contributed by atoms with Gasteiger partial charge in [0.25, 0.3) is 11.8 Å². The number of nitrogens with one attached hydrogen (secondary N) is 1. The number of rotatable bonds is 2. The highest BCUT2D eigenvalue weighted by atomic mass is 16.7. The van der Waals surface area contributed by atoms with Crippen molar-refractivity contribution in [2.24, 2.45) is 5.92 Å². The Morgan fingerprint density at radius 2 is 1.87 bits per heavy atom. The molecule has 3 heterocycles. The predicted molar refractivity (Wildman–Crippen MR) is 77.3 cm³/mol. The van der Waals surface area contributed by atoms with E-state index in [2.05, 4.69) is 5.32 Å². The zero-order valence-electron chi connectivity index (χ0n) is 12.4. The highest BCUT2D eigenvalue weighted by molar-refractivity contribution is 6.20. The van der Waals surface area contributed by atoms with Gasteiger partial charge in [0.2, 0.25) is 0 Å². The van der Waals surface area contributed by atoms with Gasteiger partial charge < -0.3 is 14.9 Å². The third-order valence-corrected chi connectivity index (χ3v) is 4.66. The van der Waals surface area contributed by atoms with Crippen molar-refractivity contribution in [2.75, 3.05) is 19.7 Å². The second-order valence-corrected chi connectivity index (χ2v) is 6.19. The van der Waals surface area contributed by atoms with Crippen LogP contribution >= 0.6 is 0 Å². The molecule has 1 unspecified atom stereocenters. The molecule has 1 atom stereocenters. The van der Waals surface area contributed by atoms with E-state index in [-0.39, 0.29) is 22.6 Å². The smallest absolute Gasteiger partial charge is 0.336 e. The lowest BCUT2D eigenvalue weighted by atomic mass is 9.82. The molecular weight excluding hydrogens is 300 g/mol. The average Bonchev–Trinajstić information content (AvgIpc) is 2.79. The van der Waals surface area contributed by atoms with E-state index in [9.17, 15) is 14.4 Å². The van der Waals surface area contributed by atoms with E-state index in [1.807, 2.05) is 0 Å². The fourth-order valence-corrected chi connectivity index (χ4v) is 3.29. The maximum absolute atomic E-state index is 12.4. The quantitative estimate of drug-likeness (QED) is 0.800. The minimum Gasteiger partial charge on any atom is -0.372 e. The molecule has 2 amide bonds. The second kappa shape index (κ2) is 5.14. The zero-order chi connectivity index (χ0) is 16.0. The van der Waals surface area contributed by atoms with E-state index < -0.39 is 17.8 Å². The van der Waals surface area contributed by atoms with E-state index in [1.54, 1.807) is 24.3 Å². The number of carbonyl (C=O) groups is 3. The Labute approximate surface area is 132 Å². The molecule has 7 heteroatoms. The van der Waals surface area contributed by atoms with Crippen LogP contribution in [-0.4, -0.2) is 48.1 Å². The highest BCUT2D eigenvalue weighted by Gasteiger charge is 2.46.